The fraction of sp³-hybridized carbons (Fsp3) is 1.00. The van der Waals surface area contributed by atoms with Gasteiger partial charge in [0.2, 0.25) is 0 Å². The zero-order valence-electron chi connectivity index (χ0n) is 14.3. The fourth-order valence-electron chi connectivity index (χ4n) is 2.36. The van der Waals surface area contributed by atoms with Crippen molar-refractivity contribution in [2.75, 3.05) is 19.6 Å². The van der Waals surface area contributed by atoms with E-state index >= 15 is 0 Å². The summed E-state index contributed by atoms with van der Waals surface area (Å²) in [6.45, 7) is 12.3. The Morgan fingerprint density at radius 1 is 1.29 bits per heavy atom. The van der Waals surface area contributed by atoms with Crippen molar-refractivity contribution in [2.24, 2.45) is 5.41 Å². The Balaban J connectivity index is 2.68. The van der Waals surface area contributed by atoms with E-state index in [1.54, 1.807) is 4.31 Å². The fourth-order valence-corrected chi connectivity index (χ4v) is 4.04. The zero-order valence-corrected chi connectivity index (χ0v) is 15.1. The van der Waals surface area contributed by atoms with Gasteiger partial charge in [0.1, 0.15) is 0 Å². The van der Waals surface area contributed by atoms with E-state index in [1.807, 2.05) is 0 Å². The van der Waals surface area contributed by atoms with E-state index in [4.69, 9.17) is 0 Å². The summed E-state index contributed by atoms with van der Waals surface area (Å²) in [5, 5.41) is 3.37. The minimum atomic E-state index is -3.38. The van der Waals surface area contributed by atoms with Gasteiger partial charge in [-0.1, -0.05) is 41.0 Å². The van der Waals surface area contributed by atoms with E-state index in [9.17, 15) is 8.42 Å². The quantitative estimate of drug-likeness (QED) is 0.720. The van der Waals surface area contributed by atoms with E-state index in [0.717, 1.165) is 32.2 Å². The number of rotatable bonds is 8. The van der Waals surface area contributed by atoms with Crippen LogP contribution in [0.1, 0.15) is 60.3 Å². The molecule has 0 saturated carbocycles. The average Bonchev–Trinajstić information content (AvgIpc) is 2.43. The molecule has 1 unspecified atom stereocenters. The summed E-state index contributed by atoms with van der Waals surface area (Å²) >= 11 is 0. The van der Waals surface area contributed by atoms with Crippen molar-refractivity contribution in [3.8, 4) is 0 Å². The van der Waals surface area contributed by atoms with Crippen molar-refractivity contribution in [3.63, 3.8) is 0 Å². The molecule has 1 atom stereocenters. The molecule has 0 aromatic heterocycles. The van der Waals surface area contributed by atoms with Crippen molar-refractivity contribution >= 4 is 10.2 Å². The summed E-state index contributed by atoms with van der Waals surface area (Å²) < 4.78 is 29.7. The lowest BCUT2D eigenvalue weighted by Crippen LogP contribution is -2.54. The molecule has 1 fully saturated rings. The predicted octanol–water partition coefficient (Wildman–Crippen LogP) is 2.11. The molecule has 6 heteroatoms. The molecule has 21 heavy (non-hydrogen) atoms. The van der Waals surface area contributed by atoms with Crippen molar-refractivity contribution in [1.82, 2.24) is 14.3 Å². The summed E-state index contributed by atoms with van der Waals surface area (Å²) in [6, 6.07) is 0.451. The van der Waals surface area contributed by atoms with Crippen LogP contribution in [0, 0.1) is 5.41 Å². The second-order valence-electron chi connectivity index (χ2n) is 7.17. The first-order chi connectivity index (χ1) is 9.68. The Kier molecular flexibility index (Phi) is 7.10. The third-order valence-corrected chi connectivity index (χ3v) is 5.94. The average molecular weight is 320 g/mol. The first-order valence-corrected chi connectivity index (χ1v) is 9.62. The molecule has 0 spiro atoms. The number of piperidine rings is 1. The standard InChI is InChI=1S/C15H33N3O2S/c1-6-15(4,5)12-17-21(19,20)18-10-8-7-9-14(18)11-16-13(2)3/h13-14,16-17H,6-12H2,1-5H3. The van der Waals surface area contributed by atoms with E-state index in [1.165, 1.54) is 0 Å². The van der Waals surface area contributed by atoms with Gasteiger partial charge in [-0.05, 0) is 24.7 Å². The zero-order chi connectivity index (χ0) is 16.1. The van der Waals surface area contributed by atoms with Crippen LogP contribution in [0.5, 0.6) is 0 Å². The van der Waals surface area contributed by atoms with Crippen molar-refractivity contribution in [2.45, 2.75) is 72.4 Å². The molecule has 0 bridgehead atoms. The Labute approximate surface area is 131 Å². The van der Waals surface area contributed by atoms with Gasteiger partial charge >= 0.3 is 0 Å². The Hall–Kier alpha value is -0.170. The van der Waals surface area contributed by atoms with Crippen LogP contribution in [0.3, 0.4) is 0 Å². The van der Waals surface area contributed by atoms with Crippen molar-refractivity contribution in [1.29, 1.82) is 0 Å². The molecule has 5 nitrogen and oxygen atoms in total. The second-order valence-corrected chi connectivity index (χ2v) is 8.88. The van der Waals surface area contributed by atoms with Gasteiger partial charge in [0.05, 0.1) is 0 Å². The molecule has 1 rings (SSSR count). The van der Waals surface area contributed by atoms with E-state index in [-0.39, 0.29) is 11.5 Å². The number of nitrogens with zero attached hydrogens (tertiary/aromatic N) is 1. The van der Waals surface area contributed by atoms with E-state index in [2.05, 4.69) is 44.7 Å². The molecular weight excluding hydrogens is 286 g/mol. The SMILES string of the molecule is CCC(C)(C)CNS(=O)(=O)N1CCCCC1CNC(C)C. The van der Waals surface area contributed by atoms with E-state index < -0.39 is 10.2 Å². The van der Waals surface area contributed by atoms with Gasteiger partial charge in [0.25, 0.3) is 10.2 Å². The third-order valence-electron chi connectivity index (χ3n) is 4.33. The lowest BCUT2D eigenvalue weighted by atomic mass is 9.91. The van der Waals surface area contributed by atoms with Crippen molar-refractivity contribution in [3.05, 3.63) is 0 Å². The normalized spacial score (nSPS) is 21.9. The molecule has 1 aliphatic rings. The molecule has 1 aliphatic heterocycles. The van der Waals surface area contributed by atoms with Gasteiger partial charge in [-0.3, -0.25) is 0 Å². The summed E-state index contributed by atoms with van der Waals surface area (Å²) in [4.78, 5) is 0. The van der Waals surface area contributed by atoms with Crippen LogP contribution in [0.15, 0.2) is 0 Å². The van der Waals surface area contributed by atoms with Crippen molar-refractivity contribution < 1.29 is 8.42 Å². The summed E-state index contributed by atoms with van der Waals surface area (Å²) in [5.74, 6) is 0. The van der Waals surface area contributed by atoms with Gasteiger partial charge in [-0.2, -0.15) is 12.7 Å². The van der Waals surface area contributed by atoms with Crippen LogP contribution in [0.25, 0.3) is 0 Å². The van der Waals surface area contributed by atoms with Crippen LogP contribution in [0.4, 0.5) is 0 Å². The van der Waals surface area contributed by atoms with Gasteiger partial charge in [-0.15, -0.1) is 0 Å². The van der Waals surface area contributed by atoms with Gasteiger partial charge in [-0.25, -0.2) is 4.72 Å². The highest BCUT2D eigenvalue weighted by Crippen LogP contribution is 2.22. The van der Waals surface area contributed by atoms with Gasteiger partial charge in [0, 0.05) is 31.7 Å². The first-order valence-electron chi connectivity index (χ1n) is 8.18. The number of hydrogen-bond acceptors (Lipinski definition) is 3. The molecule has 1 heterocycles. The maximum atomic E-state index is 12.6. The van der Waals surface area contributed by atoms with Crippen LogP contribution in [-0.4, -0.2) is 44.4 Å². The summed E-state index contributed by atoms with van der Waals surface area (Å²) in [6.07, 6.45) is 3.96. The number of nitrogens with one attached hydrogen (secondary N) is 2. The minimum Gasteiger partial charge on any atom is -0.313 e. The molecule has 0 radical (unpaired) electrons. The molecule has 0 aromatic rings. The van der Waals surface area contributed by atoms with Crippen LogP contribution < -0.4 is 10.0 Å². The topological polar surface area (TPSA) is 61.4 Å². The lowest BCUT2D eigenvalue weighted by Gasteiger charge is -2.36. The summed E-state index contributed by atoms with van der Waals surface area (Å²) in [5.41, 5.74) is -0.00542. The molecule has 1 saturated heterocycles. The third kappa shape index (κ3) is 6.22. The second kappa shape index (κ2) is 7.90. The maximum absolute atomic E-state index is 12.6. The Bertz CT molecular complexity index is 407. The smallest absolute Gasteiger partial charge is 0.279 e. The maximum Gasteiger partial charge on any atom is 0.279 e. The Morgan fingerprint density at radius 2 is 1.95 bits per heavy atom. The molecule has 0 aromatic carbocycles. The van der Waals surface area contributed by atoms with Gasteiger partial charge in [0.15, 0.2) is 0 Å². The molecule has 0 aliphatic carbocycles. The monoisotopic (exact) mass is 319 g/mol. The molecule has 2 N–H and O–H groups in total. The van der Waals surface area contributed by atoms with Gasteiger partial charge < -0.3 is 5.32 Å². The minimum absolute atomic E-state index is 0.00542. The molecule has 126 valence electrons. The first kappa shape index (κ1) is 18.9. The highest BCUT2D eigenvalue weighted by molar-refractivity contribution is 7.87. The van der Waals surface area contributed by atoms with Crippen LogP contribution >= 0.6 is 0 Å². The molecular formula is C15H33N3O2S. The van der Waals surface area contributed by atoms with E-state index in [0.29, 0.717) is 19.1 Å². The summed E-state index contributed by atoms with van der Waals surface area (Å²) in [7, 11) is -3.38. The predicted molar refractivity (Wildman–Crippen MR) is 88.5 cm³/mol. The Morgan fingerprint density at radius 3 is 2.52 bits per heavy atom. The largest absolute Gasteiger partial charge is 0.313 e. The van der Waals surface area contributed by atoms with Crippen LogP contribution in [0.2, 0.25) is 0 Å². The highest BCUT2D eigenvalue weighted by Gasteiger charge is 2.32. The highest BCUT2D eigenvalue weighted by atomic mass is 32.2. The lowest BCUT2D eigenvalue weighted by molar-refractivity contribution is 0.236. The molecule has 0 amide bonds. The van der Waals surface area contributed by atoms with Crippen LogP contribution in [-0.2, 0) is 10.2 Å². The number of hydrogen-bond donors (Lipinski definition) is 2.